The molecule has 1 fully saturated rings. The summed E-state index contributed by atoms with van der Waals surface area (Å²) in [6.45, 7) is 2.82. The highest BCUT2D eigenvalue weighted by atomic mass is 32.2. The van der Waals surface area contributed by atoms with Gasteiger partial charge in [-0.05, 0) is 20.3 Å². The second-order valence-corrected chi connectivity index (χ2v) is 7.24. The molecule has 0 bridgehead atoms. The summed E-state index contributed by atoms with van der Waals surface area (Å²) < 4.78 is 22.7. The van der Waals surface area contributed by atoms with Gasteiger partial charge in [0.1, 0.15) is 0 Å². The van der Waals surface area contributed by atoms with Gasteiger partial charge in [0.2, 0.25) is 0 Å². The average Bonchev–Trinajstić information content (AvgIpc) is 2.48. The minimum atomic E-state index is -3.17. The molecule has 1 saturated heterocycles. The maximum atomic E-state index is 11.6. The summed E-state index contributed by atoms with van der Waals surface area (Å²) in [6.07, 6.45) is -0.988. The second-order valence-electron chi connectivity index (χ2n) is 5.06. The zero-order chi connectivity index (χ0) is 14.8. The number of nitrogens with one attached hydrogen (secondary N) is 2. The molecule has 4 N–H and O–H groups in total. The number of carboxylic acid groups (broad SMARTS) is 1. The predicted molar refractivity (Wildman–Crippen MR) is 66.4 cm³/mol. The number of carbonyl (C=O) groups is 2. The molecule has 0 aromatic rings. The lowest BCUT2D eigenvalue weighted by Crippen LogP contribution is -2.56. The van der Waals surface area contributed by atoms with Crippen LogP contribution in [-0.4, -0.2) is 59.8 Å². The summed E-state index contributed by atoms with van der Waals surface area (Å²) in [5.74, 6) is -1.56. The molecule has 0 radical (unpaired) electrons. The standard InChI is InChI=1S/C10H18N2O6S/c1-6(13)7(8(14)15)11-9(16)12-10(2)3-4-19(17,18)5-10/h6-7,13H,3-5H2,1-2H3,(H,14,15)(H2,11,12,16)/t6-,7+,10?/m1/s1. The lowest BCUT2D eigenvalue weighted by atomic mass is 10.0. The molecular weight excluding hydrogens is 276 g/mol. The first-order chi connectivity index (χ1) is 8.55. The average molecular weight is 294 g/mol. The first-order valence-electron chi connectivity index (χ1n) is 5.75. The number of aliphatic carboxylic acids is 1. The summed E-state index contributed by atoms with van der Waals surface area (Å²) in [6, 6.07) is -2.26. The Hall–Kier alpha value is -1.35. The number of rotatable bonds is 4. The van der Waals surface area contributed by atoms with E-state index >= 15 is 0 Å². The van der Waals surface area contributed by atoms with E-state index in [2.05, 4.69) is 10.6 Å². The van der Waals surface area contributed by atoms with E-state index in [-0.39, 0.29) is 17.9 Å². The first-order valence-corrected chi connectivity index (χ1v) is 7.57. The highest BCUT2D eigenvalue weighted by Crippen LogP contribution is 2.22. The lowest BCUT2D eigenvalue weighted by Gasteiger charge is -2.26. The molecule has 0 aromatic carbocycles. The van der Waals surface area contributed by atoms with Crippen LogP contribution in [0.3, 0.4) is 0 Å². The quantitative estimate of drug-likeness (QED) is 0.509. The molecule has 3 atom stereocenters. The molecule has 1 heterocycles. The summed E-state index contributed by atoms with van der Waals surface area (Å²) in [4.78, 5) is 22.4. The minimum absolute atomic E-state index is 0.0114. The number of hydrogen-bond donors (Lipinski definition) is 4. The van der Waals surface area contributed by atoms with Gasteiger partial charge in [0.05, 0.1) is 23.1 Å². The van der Waals surface area contributed by atoms with Crippen molar-refractivity contribution < 1.29 is 28.2 Å². The molecule has 1 aliphatic rings. The van der Waals surface area contributed by atoms with E-state index in [0.717, 1.165) is 0 Å². The highest BCUT2D eigenvalue weighted by molar-refractivity contribution is 7.91. The second kappa shape index (κ2) is 5.33. The number of urea groups is 1. The molecule has 0 aliphatic carbocycles. The Labute approximate surface area is 111 Å². The summed E-state index contributed by atoms with van der Waals surface area (Å²) in [5.41, 5.74) is -0.912. The van der Waals surface area contributed by atoms with E-state index in [4.69, 9.17) is 5.11 Å². The normalized spacial score (nSPS) is 28.4. The van der Waals surface area contributed by atoms with Crippen molar-refractivity contribution in [2.24, 2.45) is 0 Å². The van der Waals surface area contributed by atoms with Gasteiger partial charge in [-0.3, -0.25) is 0 Å². The van der Waals surface area contributed by atoms with E-state index in [1.807, 2.05) is 0 Å². The maximum absolute atomic E-state index is 11.6. The third-order valence-corrected chi connectivity index (χ3v) is 4.86. The van der Waals surface area contributed by atoms with Crippen LogP contribution in [0.25, 0.3) is 0 Å². The van der Waals surface area contributed by atoms with Crippen LogP contribution in [0.2, 0.25) is 0 Å². The van der Waals surface area contributed by atoms with Crippen LogP contribution in [-0.2, 0) is 14.6 Å². The monoisotopic (exact) mass is 294 g/mol. The Balaban J connectivity index is 2.63. The fourth-order valence-corrected chi connectivity index (χ4v) is 4.04. The Morgan fingerprint density at radius 3 is 2.32 bits per heavy atom. The number of amides is 2. The van der Waals surface area contributed by atoms with E-state index in [1.54, 1.807) is 6.92 Å². The van der Waals surface area contributed by atoms with Gasteiger partial charge >= 0.3 is 12.0 Å². The number of carboxylic acids is 1. The summed E-state index contributed by atoms with van der Waals surface area (Å²) in [5, 5.41) is 22.6. The number of hydrogen-bond acceptors (Lipinski definition) is 5. The molecule has 110 valence electrons. The van der Waals surface area contributed by atoms with Gasteiger partial charge in [-0.1, -0.05) is 0 Å². The van der Waals surface area contributed by atoms with Crippen LogP contribution < -0.4 is 10.6 Å². The van der Waals surface area contributed by atoms with Crippen molar-refractivity contribution >= 4 is 21.8 Å². The van der Waals surface area contributed by atoms with Crippen LogP contribution in [0.5, 0.6) is 0 Å². The zero-order valence-corrected chi connectivity index (χ0v) is 11.5. The van der Waals surface area contributed by atoms with Crippen molar-refractivity contribution in [2.75, 3.05) is 11.5 Å². The smallest absolute Gasteiger partial charge is 0.328 e. The zero-order valence-electron chi connectivity index (χ0n) is 10.7. The van der Waals surface area contributed by atoms with Gasteiger partial charge in [-0.15, -0.1) is 0 Å². The largest absolute Gasteiger partial charge is 0.480 e. The predicted octanol–water partition coefficient (Wildman–Crippen LogP) is -1.30. The van der Waals surface area contributed by atoms with Crippen LogP contribution >= 0.6 is 0 Å². The van der Waals surface area contributed by atoms with Gasteiger partial charge in [0, 0.05) is 0 Å². The van der Waals surface area contributed by atoms with Crippen molar-refractivity contribution in [1.29, 1.82) is 0 Å². The Bertz CT molecular complexity index is 474. The molecule has 0 aromatic heterocycles. The topological polar surface area (TPSA) is 133 Å². The SMILES string of the molecule is C[C@@H](O)[C@H](NC(=O)NC1(C)CCS(=O)(=O)C1)C(=O)O. The molecule has 9 heteroatoms. The van der Waals surface area contributed by atoms with E-state index in [0.29, 0.717) is 0 Å². The number of sulfone groups is 1. The van der Waals surface area contributed by atoms with Crippen LogP contribution in [0.15, 0.2) is 0 Å². The lowest BCUT2D eigenvalue weighted by molar-refractivity contribution is -0.141. The highest BCUT2D eigenvalue weighted by Gasteiger charge is 2.40. The van der Waals surface area contributed by atoms with Gasteiger partial charge in [0.25, 0.3) is 0 Å². The van der Waals surface area contributed by atoms with Crippen molar-refractivity contribution in [2.45, 2.75) is 38.0 Å². The van der Waals surface area contributed by atoms with Gasteiger partial charge in [-0.25, -0.2) is 18.0 Å². The van der Waals surface area contributed by atoms with E-state index in [1.165, 1.54) is 6.92 Å². The third kappa shape index (κ3) is 4.35. The number of aliphatic hydroxyl groups excluding tert-OH is 1. The third-order valence-electron chi connectivity index (χ3n) is 2.95. The molecular formula is C10H18N2O6S. The molecule has 19 heavy (non-hydrogen) atoms. The van der Waals surface area contributed by atoms with Crippen molar-refractivity contribution in [3.05, 3.63) is 0 Å². The molecule has 1 aliphatic heterocycles. The Morgan fingerprint density at radius 1 is 1.37 bits per heavy atom. The van der Waals surface area contributed by atoms with Gasteiger partial charge in [-0.2, -0.15) is 0 Å². The van der Waals surface area contributed by atoms with Crippen LogP contribution in [0, 0.1) is 0 Å². The first kappa shape index (κ1) is 15.7. The van der Waals surface area contributed by atoms with Crippen molar-refractivity contribution in [3.63, 3.8) is 0 Å². The Kier molecular flexibility index (Phi) is 4.41. The fourth-order valence-electron chi connectivity index (χ4n) is 1.95. The van der Waals surface area contributed by atoms with Crippen molar-refractivity contribution in [1.82, 2.24) is 10.6 Å². The van der Waals surface area contributed by atoms with Crippen molar-refractivity contribution in [3.8, 4) is 0 Å². The maximum Gasteiger partial charge on any atom is 0.328 e. The summed E-state index contributed by atoms with van der Waals surface area (Å²) >= 11 is 0. The van der Waals surface area contributed by atoms with Gasteiger partial charge < -0.3 is 20.8 Å². The molecule has 8 nitrogen and oxygen atoms in total. The number of carbonyl (C=O) groups excluding carboxylic acids is 1. The van der Waals surface area contributed by atoms with Crippen LogP contribution in [0.4, 0.5) is 4.79 Å². The molecule has 0 saturated carbocycles. The Morgan fingerprint density at radius 2 is 1.95 bits per heavy atom. The molecule has 1 rings (SSSR count). The van der Waals surface area contributed by atoms with E-state index < -0.39 is 39.5 Å². The molecule has 1 unspecified atom stereocenters. The van der Waals surface area contributed by atoms with Crippen LogP contribution in [0.1, 0.15) is 20.3 Å². The number of aliphatic hydroxyl groups is 1. The van der Waals surface area contributed by atoms with E-state index in [9.17, 15) is 23.1 Å². The fraction of sp³-hybridized carbons (Fsp3) is 0.800. The summed E-state index contributed by atoms with van der Waals surface area (Å²) in [7, 11) is -3.17. The van der Waals surface area contributed by atoms with Gasteiger partial charge in [0.15, 0.2) is 15.9 Å². The molecule has 2 amide bonds. The molecule has 0 spiro atoms. The minimum Gasteiger partial charge on any atom is -0.480 e.